The second-order valence-electron chi connectivity index (χ2n) is 6.85. The fraction of sp³-hybridized carbons (Fsp3) is 0.400. The summed E-state index contributed by atoms with van der Waals surface area (Å²) in [7, 11) is 1.66. The van der Waals surface area contributed by atoms with E-state index in [4.69, 9.17) is 4.74 Å². The lowest BCUT2D eigenvalue weighted by Crippen LogP contribution is -2.30. The van der Waals surface area contributed by atoms with Gasteiger partial charge in [-0.25, -0.2) is 4.98 Å². The molecule has 2 heterocycles. The average molecular weight is 369 g/mol. The third kappa shape index (κ3) is 3.60. The number of thiazole rings is 1. The van der Waals surface area contributed by atoms with E-state index in [0.29, 0.717) is 11.6 Å². The summed E-state index contributed by atoms with van der Waals surface area (Å²) in [4.78, 5) is 18.8. The maximum absolute atomic E-state index is 12.4. The molecule has 3 aromatic rings. The van der Waals surface area contributed by atoms with Gasteiger partial charge < -0.3 is 10.1 Å². The number of carbonyl (C=O) groups excluding carboxylic acids is 1. The molecule has 1 N–H and O–H groups in total. The summed E-state index contributed by atoms with van der Waals surface area (Å²) in [5, 5.41) is 3.05. The minimum absolute atomic E-state index is 0.0718. The standard InChI is InChI=1S/C20H23N3O2S/c1-25-16-9-7-15(8-10-16)18-13-23-12-17(22-20(23)26-18)19(24)21-11-14-5-3-2-4-6-14/h7-10,12-14H,2-6,11H2,1H3,(H,21,24). The van der Waals surface area contributed by atoms with Gasteiger partial charge in [0.15, 0.2) is 4.96 Å². The van der Waals surface area contributed by atoms with Crippen LogP contribution in [0.1, 0.15) is 42.6 Å². The maximum atomic E-state index is 12.4. The molecular formula is C20H23N3O2S. The number of ether oxygens (including phenoxy) is 1. The first kappa shape index (κ1) is 17.1. The largest absolute Gasteiger partial charge is 0.497 e. The third-order valence-corrected chi connectivity index (χ3v) is 6.08. The van der Waals surface area contributed by atoms with E-state index < -0.39 is 0 Å². The van der Waals surface area contributed by atoms with Gasteiger partial charge in [0.2, 0.25) is 0 Å². The average Bonchev–Trinajstić information content (AvgIpc) is 3.26. The van der Waals surface area contributed by atoms with Gasteiger partial charge in [-0.2, -0.15) is 0 Å². The first-order valence-corrected chi connectivity index (χ1v) is 9.96. The lowest BCUT2D eigenvalue weighted by molar-refractivity contribution is 0.0939. The van der Waals surface area contributed by atoms with Crippen LogP contribution < -0.4 is 10.1 Å². The van der Waals surface area contributed by atoms with Gasteiger partial charge in [-0.05, 0) is 48.6 Å². The van der Waals surface area contributed by atoms with Gasteiger partial charge in [0.05, 0.1) is 12.0 Å². The fourth-order valence-electron chi connectivity index (χ4n) is 3.51. The molecule has 0 atom stereocenters. The number of nitrogens with one attached hydrogen (secondary N) is 1. The van der Waals surface area contributed by atoms with Crippen LogP contribution in [-0.4, -0.2) is 28.9 Å². The summed E-state index contributed by atoms with van der Waals surface area (Å²) < 4.78 is 7.13. The van der Waals surface area contributed by atoms with Crippen molar-refractivity contribution >= 4 is 22.2 Å². The van der Waals surface area contributed by atoms with Gasteiger partial charge in [-0.3, -0.25) is 9.20 Å². The summed E-state index contributed by atoms with van der Waals surface area (Å²) in [6, 6.07) is 7.95. The van der Waals surface area contributed by atoms with Gasteiger partial charge in [0, 0.05) is 18.9 Å². The van der Waals surface area contributed by atoms with E-state index >= 15 is 0 Å². The number of aromatic nitrogens is 2. The van der Waals surface area contributed by atoms with E-state index in [-0.39, 0.29) is 5.91 Å². The van der Waals surface area contributed by atoms with Crippen LogP contribution in [0.3, 0.4) is 0 Å². The van der Waals surface area contributed by atoms with Gasteiger partial charge >= 0.3 is 0 Å². The summed E-state index contributed by atoms with van der Waals surface area (Å²) >= 11 is 1.58. The molecule has 26 heavy (non-hydrogen) atoms. The van der Waals surface area contributed by atoms with Crippen LogP contribution in [0.4, 0.5) is 0 Å². The fourth-order valence-corrected chi connectivity index (χ4v) is 4.48. The number of hydrogen-bond acceptors (Lipinski definition) is 4. The molecule has 1 aliphatic rings. The van der Waals surface area contributed by atoms with Gasteiger partial charge in [0.1, 0.15) is 11.4 Å². The molecule has 1 aliphatic carbocycles. The topological polar surface area (TPSA) is 55.6 Å². The molecule has 0 radical (unpaired) electrons. The molecule has 0 spiro atoms. The highest BCUT2D eigenvalue weighted by Gasteiger charge is 2.17. The molecule has 2 aromatic heterocycles. The Morgan fingerprint density at radius 3 is 2.69 bits per heavy atom. The summed E-state index contributed by atoms with van der Waals surface area (Å²) in [6.45, 7) is 0.765. The number of nitrogens with zero attached hydrogens (tertiary/aromatic N) is 2. The number of imidazole rings is 1. The minimum Gasteiger partial charge on any atom is -0.497 e. The molecule has 0 aliphatic heterocycles. The minimum atomic E-state index is -0.0718. The van der Waals surface area contributed by atoms with Crippen LogP contribution in [0.15, 0.2) is 36.7 Å². The molecule has 1 amide bonds. The molecule has 1 aromatic carbocycles. The van der Waals surface area contributed by atoms with E-state index in [2.05, 4.69) is 10.3 Å². The van der Waals surface area contributed by atoms with E-state index in [9.17, 15) is 4.79 Å². The van der Waals surface area contributed by atoms with Gasteiger partial charge in [-0.1, -0.05) is 30.6 Å². The highest BCUT2D eigenvalue weighted by molar-refractivity contribution is 7.20. The van der Waals surface area contributed by atoms with Crippen LogP contribution in [0.5, 0.6) is 5.75 Å². The van der Waals surface area contributed by atoms with Crippen molar-refractivity contribution < 1.29 is 9.53 Å². The molecule has 1 saturated carbocycles. The van der Waals surface area contributed by atoms with Crippen molar-refractivity contribution in [2.45, 2.75) is 32.1 Å². The molecule has 6 heteroatoms. The second kappa shape index (κ2) is 7.50. The Hall–Kier alpha value is -2.34. The van der Waals surface area contributed by atoms with E-state index in [0.717, 1.165) is 27.7 Å². The van der Waals surface area contributed by atoms with Crippen LogP contribution >= 0.6 is 11.3 Å². The Labute approximate surface area is 157 Å². The Morgan fingerprint density at radius 2 is 2.00 bits per heavy atom. The van der Waals surface area contributed by atoms with Crippen molar-refractivity contribution in [3.05, 3.63) is 42.4 Å². The van der Waals surface area contributed by atoms with Crippen molar-refractivity contribution in [2.24, 2.45) is 5.92 Å². The lowest BCUT2D eigenvalue weighted by Gasteiger charge is -2.21. The molecule has 0 bridgehead atoms. The molecule has 1 fully saturated rings. The molecule has 0 unspecified atom stereocenters. The lowest BCUT2D eigenvalue weighted by atomic mass is 9.89. The van der Waals surface area contributed by atoms with Crippen molar-refractivity contribution in [2.75, 3.05) is 13.7 Å². The zero-order chi connectivity index (χ0) is 17.9. The number of fused-ring (bicyclic) bond motifs is 1. The van der Waals surface area contributed by atoms with Crippen molar-refractivity contribution in [3.63, 3.8) is 0 Å². The molecule has 0 saturated heterocycles. The zero-order valence-electron chi connectivity index (χ0n) is 14.9. The third-order valence-electron chi connectivity index (χ3n) is 5.04. The number of benzene rings is 1. The van der Waals surface area contributed by atoms with E-state index in [1.165, 1.54) is 32.1 Å². The Bertz CT molecular complexity index is 860. The molecule has 136 valence electrons. The summed E-state index contributed by atoms with van der Waals surface area (Å²) in [6.07, 6.45) is 10.2. The Morgan fingerprint density at radius 1 is 1.23 bits per heavy atom. The monoisotopic (exact) mass is 369 g/mol. The number of rotatable bonds is 5. The van der Waals surface area contributed by atoms with E-state index in [1.54, 1.807) is 18.4 Å². The second-order valence-corrected chi connectivity index (χ2v) is 7.86. The predicted octanol–water partition coefficient (Wildman–Crippen LogP) is 4.38. The van der Waals surface area contributed by atoms with E-state index in [1.807, 2.05) is 41.1 Å². The molecular weight excluding hydrogens is 346 g/mol. The van der Waals surface area contributed by atoms with Gasteiger partial charge in [0.25, 0.3) is 5.91 Å². The van der Waals surface area contributed by atoms with Crippen LogP contribution in [0.25, 0.3) is 15.4 Å². The number of carbonyl (C=O) groups is 1. The quantitative estimate of drug-likeness (QED) is 0.726. The van der Waals surface area contributed by atoms with Crippen LogP contribution in [0.2, 0.25) is 0 Å². The van der Waals surface area contributed by atoms with Gasteiger partial charge in [-0.15, -0.1) is 0 Å². The van der Waals surface area contributed by atoms with Crippen molar-refractivity contribution in [3.8, 4) is 16.2 Å². The Balaban J connectivity index is 1.44. The highest BCUT2D eigenvalue weighted by Crippen LogP contribution is 2.30. The highest BCUT2D eigenvalue weighted by atomic mass is 32.1. The maximum Gasteiger partial charge on any atom is 0.271 e. The van der Waals surface area contributed by atoms with Crippen molar-refractivity contribution in [1.29, 1.82) is 0 Å². The first-order valence-electron chi connectivity index (χ1n) is 9.14. The van der Waals surface area contributed by atoms with Crippen LogP contribution in [0, 0.1) is 5.92 Å². The summed E-state index contributed by atoms with van der Waals surface area (Å²) in [5.41, 5.74) is 1.61. The molecule has 4 rings (SSSR count). The molecule has 5 nitrogen and oxygen atoms in total. The van der Waals surface area contributed by atoms with Crippen molar-refractivity contribution in [1.82, 2.24) is 14.7 Å². The predicted molar refractivity (Wildman–Crippen MR) is 104 cm³/mol. The number of hydrogen-bond donors (Lipinski definition) is 1. The SMILES string of the molecule is COc1ccc(-c2cn3cc(C(=O)NCC4CCCCC4)nc3s2)cc1. The smallest absolute Gasteiger partial charge is 0.271 e. The summed E-state index contributed by atoms with van der Waals surface area (Å²) in [5.74, 6) is 1.39. The normalized spacial score (nSPS) is 15.3. The number of amides is 1. The Kier molecular flexibility index (Phi) is 4.93. The first-order chi connectivity index (χ1) is 12.7. The van der Waals surface area contributed by atoms with Crippen LogP contribution in [-0.2, 0) is 0 Å². The zero-order valence-corrected chi connectivity index (χ0v) is 15.7. The number of methoxy groups -OCH3 is 1.